The van der Waals surface area contributed by atoms with E-state index < -0.39 is 0 Å². The van der Waals surface area contributed by atoms with Crippen molar-refractivity contribution >= 4 is 11.7 Å². The van der Waals surface area contributed by atoms with E-state index in [0.29, 0.717) is 0 Å². The van der Waals surface area contributed by atoms with Crippen molar-refractivity contribution in [3.63, 3.8) is 0 Å². The van der Waals surface area contributed by atoms with Crippen LogP contribution in [0.5, 0.6) is 0 Å². The number of aromatic nitrogens is 2. The van der Waals surface area contributed by atoms with Crippen LogP contribution in [0.25, 0.3) is 0 Å². The van der Waals surface area contributed by atoms with E-state index in [1.165, 1.54) is 16.5 Å². The van der Waals surface area contributed by atoms with Gasteiger partial charge in [0.15, 0.2) is 0 Å². The van der Waals surface area contributed by atoms with E-state index in [0.717, 1.165) is 11.3 Å². The third-order valence-electron chi connectivity index (χ3n) is 2.36. The van der Waals surface area contributed by atoms with Crippen molar-refractivity contribution in [2.45, 2.75) is 13.8 Å². The Bertz CT molecular complexity index is 503. The summed E-state index contributed by atoms with van der Waals surface area (Å²) in [7, 11) is 0. The van der Waals surface area contributed by atoms with Gasteiger partial charge in [-0.3, -0.25) is 4.57 Å². The van der Waals surface area contributed by atoms with E-state index in [-0.39, 0.29) is 6.03 Å². The Labute approximate surface area is 93.9 Å². The van der Waals surface area contributed by atoms with Crippen LogP contribution < -0.4 is 5.32 Å². The molecular weight excluding hydrogens is 202 g/mol. The number of hydrogen-bond donors (Lipinski definition) is 1. The molecule has 1 N–H and O–H groups in total. The Kier molecular flexibility index (Phi) is 2.72. The smallest absolute Gasteiger partial charge is 0.307 e. The highest BCUT2D eigenvalue weighted by Crippen LogP contribution is 2.16. The number of anilines is 1. The van der Waals surface area contributed by atoms with Crippen molar-refractivity contribution < 1.29 is 4.79 Å². The molecule has 4 heteroatoms. The average molecular weight is 215 g/mol. The topological polar surface area (TPSA) is 46.9 Å². The standard InChI is InChI=1S/C12H13N3O/c1-9-3-4-11(10(2)7-9)14-12(16)15-6-5-13-8-15/h3-8H,1-2H3,(H,14,16). The number of imidazole rings is 1. The van der Waals surface area contributed by atoms with Crippen LogP contribution in [0.15, 0.2) is 36.9 Å². The number of amides is 1. The first kappa shape index (κ1) is 10.4. The van der Waals surface area contributed by atoms with Gasteiger partial charge >= 0.3 is 6.03 Å². The van der Waals surface area contributed by atoms with Crippen LogP contribution in [0.3, 0.4) is 0 Å². The van der Waals surface area contributed by atoms with Gasteiger partial charge in [0, 0.05) is 18.1 Å². The van der Waals surface area contributed by atoms with Gasteiger partial charge in [-0.15, -0.1) is 0 Å². The summed E-state index contributed by atoms with van der Waals surface area (Å²) in [5.41, 5.74) is 3.05. The first-order valence-corrected chi connectivity index (χ1v) is 5.03. The molecule has 0 aliphatic rings. The van der Waals surface area contributed by atoms with Crippen LogP contribution in [0, 0.1) is 13.8 Å². The quantitative estimate of drug-likeness (QED) is 0.794. The Hall–Kier alpha value is -2.10. The molecule has 0 saturated heterocycles. The maximum Gasteiger partial charge on any atom is 0.331 e. The minimum absolute atomic E-state index is 0.204. The lowest BCUT2D eigenvalue weighted by molar-refractivity contribution is 0.253. The monoisotopic (exact) mass is 215 g/mol. The molecule has 4 nitrogen and oxygen atoms in total. The Morgan fingerprint density at radius 1 is 1.38 bits per heavy atom. The van der Waals surface area contributed by atoms with E-state index in [1.807, 2.05) is 32.0 Å². The van der Waals surface area contributed by atoms with Gasteiger partial charge in [-0.05, 0) is 25.5 Å². The predicted octanol–water partition coefficient (Wildman–Crippen LogP) is 2.58. The zero-order chi connectivity index (χ0) is 11.5. The molecule has 1 heterocycles. The normalized spacial score (nSPS) is 10.1. The van der Waals surface area contributed by atoms with Crippen molar-refractivity contribution in [2.24, 2.45) is 0 Å². The molecule has 0 aliphatic carbocycles. The minimum Gasteiger partial charge on any atom is -0.307 e. The average Bonchev–Trinajstić information content (AvgIpc) is 2.75. The van der Waals surface area contributed by atoms with Crippen molar-refractivity contribution in [3.8, 4) is 0 Å². The molecule has 82 valence electrons. The SMILES string of the molecule is Cc1ccc(NC(=O)n2ccnc2)c(C)c1. The highest BCUT2D eigenvalue weighted by molar-refractivity contribution is 5.91. The second kappa shape index (κ2) is 4.18. The second-order valence-electron chi connectivity index (χ2n) is 3.72. The number of hydrogen-bond acceptors (Lipinski definition) is 2. The zero-order valence-corrected chi connectivity index (χ0v) is 9.27. The van der Waals surface area contributed by atoms with Crippen LogP contribution in [-0.4, -0.2) is 15.6 Å². The van der Waals surface area contributed by atoms with Crippen molar-refractivity contribution in [3.05, 3.63) is 48.0 Å². The molecule has 2 rings (SSSR count). The molecule has 1 amide bonds. The molecule has 0 fully saturated rings. The summed E-state index contributed by atoms with van der Waals surface area (Å²) in [4.78, 5) is 15.5. The van der Waals surface area contributed by atoms with Crippen LogP contribution in [-0.2, 0) is 0 Å². The molecule has 0 bridgehead atoms. The second-order valence-corrected chi connectivity index (χ2v) is 3.72. The highest BCUT2D eigenvalue weighted by Gasteiger charge is 2.05. The fraction of sp³-hybridized carbons (Fsp3) is 0.167. The van der Waals surface area contributed by atoms with Gasteiger partial charge in [-0.1, -0.05) is 17.7 Å². The van der Waals surface area contributed by atoms with Gasteiger partial charge in [0.25, 0.3) is 0 Å². The number of rotatable bonds is 1. The molecule has 0 atom stereocenters. The summed E-state index contributed by atoms with van der Waals surface area (Å²) >= 11 is 0. The van der Waals surface area contributed by atoms with E-state index in [4.69, 9.17) is 0 Å². The molecular formula is C12H13N3O. The minimum atomic E-state index is -0.204. The molecule has 0 unspecified atom stereocenters. The lowest BCUT2D eigenvalue weighted by Gasteiger charge is -2.08. The van der Waals surface area contributed by atoms with E-state index in [1.54, 1.807) is 12.4 Å². The molecule has 0 aliphatic heterocycles. The molecule has 0 saturated carbocycles. The first-order chi connectivity index (χ1) is 7.66. The van der Waals surface area contributed by atoms with Crippen molar-refractivity contribution in [2.75, 3.05) is 5.32 Å². The molecule has 0 radical (unpaired) electrons. The summed E-state index contributed by atoms with van der Waals surface area (Å²) in [6.45, 7) is 3.99. The largest absolute Gasteiger partial charge is 0.331 e. The van der Waals surface area contributed by atoms with Crippen LogP contribution in [0.4, 0.5) is 10.5 Å². The van der Waals surface area contributed by atoms with Gasteiger partial charge in [0.2, 0.25) is 0 Å². The van der Waals surface area contributed by atoms with Gasteiger partial charge in [0.05, 0.1) is 0 Å². The number of carbonyl (C=O) groups excluding carboxylic acids is 1. The maximum absolute atomic E-state index is 11.7. The summed E-state index contributed by atoms with van der Waals surface area (Å²) < 4.78 is 1.40. The molecule has 0 spiro atoms. The van der Waals surface area contributed by atoms with Gasteiger partial charge in [0.1, 0.15) is 6.33 Å². The van der Waals surface area contributed by atoms with Crippen molar-refractivity contribution in [1.82, 2.24) is 9.55 Å². The van der Waals surface area contributed by atoms with Crippen molar-refractivity contribution in [1.29, 1.82) is 0 Å². The zero-order valence-electron chi connectivity index (χ0n) is 9.27. The number of benzene rings is 1. The molecule has 16 heavy (non-hydrogen) atoms. The van der Waals surface area contributed by atoms with Gasteiger partial charge in [-0.25, -0.2) is 9.78 Å². The van der Waals surface area contributed by atoms with Crippen LogP contribution in [0.1, 0.15) is 11.1 Å². The number of nitrogens with zero attached hydrogens (tertiary/aromatic N) is 2. The number of carbonyl (C=O) groups is 1. The van der Waals surface area contributed by atoms with E-state index in [9.17, 15) is 4.79 Å². The first-order valence-electron chi connectivity index (χ1n) is 5.03. The predicted molar refractivity (Wildman–Crippen MR) is 62.6 cm³/mol. The Morgan fingerprint density at radius 2 is 2.19 bits per heavy atom. The summed E-state index contributed by atoms with van der Waals surface area (Å²) in [5.74, 6) is 0. The lowest BCUT2D eigenvalue weighted by atomic mass is 10.1. The van der Waals surface area contributed by atoms with E-state index >= 15 is 0 Å². The fourth-order valence-corrected chi connectivity index (χ4v) is 1.51. The lowest BCUT2D eigenvalue weighted by Crippen LogP contribution is -2.18. The van der Waals surface area contributed by atoms with Gasteiger partial charge < -0.3 is 5.32 Å². The van der Waals surface area contributed by atoms with Crippen LogP contribution >= 0.6 is 0 Å². The van der Waals surface area contributed by atoms with Gasteiger partial charge in [-0.2, -0.15) is 0 Å². The Morgan fingerprint density at radius 3 is 2.81 bits per heavy atom. The number of nitrogens with one attached hydrogen (secondary N) is 1. The summed E-state index contributed by atoms with van der Waals surface area (Å²) in [6, 6.07) is 5.70. The third kappa shape index (κ3) is 2.11. The maximum atomic E-state index is 11.7. The van der Waals surface area contributed by atoms with E-state index in [2.05, 4.69) is 10.3 Å². The highest BCUT2D eigenvalue weighted by atomic mass is 16.2. The number of aryl methyl sites for hydroxylation is 2. The fourth-order valence-electron chi connectivity index (χ4n) is 1.51. The molecule has 1 aromatic carbocycles. The molecule has 1 aromatic heterocycles. The summed E-state index contributed by atoms with van der Waals surface area (Å²) in [6.07, 6.45) is 4.65. The summed E-state index contributed by atoms with van der Waals surface area (Å²) in [5, 5.41) is 2.82. The third-order valence-corrected chi connectivity index (χ3v) is 2.36. The molecule has 2 aromatic rings. The Balaban J connectivity index is 2.18. The van der Waals surface area contributed by atoms with Crippen LogP contribution in [0.2, 0.25) is 0 Å².